The van der Waals surface area contributed by atoms with Crippen LogP contribution in [0.4, 0.5) is 10.2 Å². The number of carbonyl (C=O) groups excluding carboxylic acids is 1. The lowest BCUT2D eigenvalue weighted by Gasteiger charge is -2.09. The van der Waals surface area contributed by atoms with E-state index in [1.807, 2.05) is 49.1 Å². The minimum atomic E-state index is -0.486. The smallest absolute Gasteiger partial charge is 0.166 e. The summed E-state index contributed by atoms with van der Waals surface area (Å²) >= 11 is 1.50. The van der Waals surface area contributed by atoms with E-state index in [1.165, 1.54) is 17.4 Å². The van der Waals surface area contributed by atoms with Crippen LogP contribution in [0.25, 0.3) is 20.8 Å². The van der Waals surface area contributed by atoms with E-state index in [9.17, 15) is 9.18 Å². The third-order valence-corrected chi connectivity index (χ3v) is 8.03. The number of hydrogen-bond donors (Lipinski definition) is 1. The molecule has 4 heterocycles. The van der Waals surface area contributed by atoms with Crippen LogP contribution in [0.5, 0.6) is 11.5 Å². The van der Waals surface area contributed by atoms with Gasteiger partial charge in [-0.05, 0) is 61.1 Å². The number of nitrogens with zero attached hydrogens (tertiary/aromatic N) is 4. The molecule has 1 aliphatic carbocycles. The number of aromatic nitrogens is 4. The summed E-state index contributed by atoms with van der Waals surface area (Å²) in [7, 11) is 1.92. The Labute approximate surface area is 229 Å². The number of nitrogens with one attached hydrogen (secondary N) is 1. The molecule has 6 rings (SSSR count). The molecular formula is C30H28FN5O2S. The summed E-state index contributed by atoms with van der Waals surface area (Å²) < 4.78 is 23.5. The number of rotatable bonds is 10. The first-order valence-electron chi connectivity index (χ1n) is 13.0. The minimum Gasteiger partial charge on any atom is -0.453 e. The van der Waals surface area contributed by atoms with Gasteiger partial charge in [-0.15, -0.1) is 11.3 Å². The van der Waals surface area contributed by atoms with Gasteiger partial charge in [-0.1, -0.05) is 12.1 Å². The molecule has 0 radical (unpaired) electrons. The lowest BCUT2D eigenvalue weighted by Crippen LogP contribution is -2.04. The molecule has 9 heteroatoms. The van der Waals surface area contributed by atoms with Crippen molar-refractivity contribution in [3.05, 3.63) is 83.6 Å². The van der Waals surface area contributed by atoms with Crippen LogP contribution in [0.15, 0.2) is 60.9 Å². The molecule has 0 unspecified atom stereocenters. The number of hydrogen-bond acceptors (Lipinski definition) is 7. The number of ether oxygens (including phenoxy) is 1. The maximum absolute atomic E-state index is 14.9. The number of Topliss-reactive ketones (excluding diaryl/α,β-unsaturated/α-hetero) is 1. The van der Waals surface area contributed by atoms with Crippen LogP contribution >= 0.6 is 11.3 Å². The van der Waals surface area contributed by atoms with Gasteiger partial charge in [-0.25, -0.2) is 4.39 Å². The topological polar surface area (TPSA) is 81.9 Å². The SMILES string of the molecule is Cc1cc(NCc2ccc(-c3cc4nccc(Oc5ccc(CC(=O)CC6CC6)cc5F)c4s3)nc2)nn1C. The van der Waals surface area contributed by atoms with Crippen molar-refractivity contribution < 1.29 is 13.9 Å². The fraction of sp³-hybridized carbons (Fsp3) is 0.267. The van der Waals surface area contributed by atoms with Crippen molar-refractivity contribution in [2.45, 2.75) is 39.2 Å². The number of fused-ring (bicyclic) bond motifs is 1. The predicted octanol–water partition coefficient (Wildman–Crippen LogP) is 6.86. The Hall–Kier alpha value is -4.11. The molecule has 0 spiro atoms. The summed E-state index contributed by atoms with van der Waals surface area (Å²) in [5.74, 6) is 1.68. The fourth-order valence-corrected chi connectivity index (χ4v) is 5.48. The highest BCUT2D eigenvalue weighted by Gasteiger charge is 2.24. The maximum atomic E-state index is 14.9. The summed E-state index contributed by atoms with van der Waals surface area (Å²) in [5.41, 5.74) is 4.38. The molecule has 39 heavy (non-hydrogen) atoms. The van der Waals surface area contributed by atoms with Gasteiger partial charge < -0.3 is 10.1 Å². The van der Waals surface area contributed by atoms with E-state index in [4.69, 9.17) is 4.74 Å². The summed E-state index contributed by atoms with van der Waals surface area (Å²) in [5, 5.41) is 7.73. The molecule has 1 saturated carbocycles. The fourth-order valence-electron chi connectivity index (χ4n) is 4.44. The van der Waals surface area contributed by atoms with Gasteiger partial charge in [0.1, 0.15) is 17.4 Å². The van der Waals surface area contributed by atoms with Crippen LogP contribution in [0.2, 0.25) is 0 Å². The highest BCUT2D eigenvalue weighted by molar-refractivity contribution is 7.22. The third-order valence-electron chi connectivity index (χ3n) is 6.87. The highest BCUT2D eigenvalue weighted by Crippen LogP contribution is 2.39. The zero-order chi connectivity index (χ0) is 26.9. The zero-order valence-electron chi connectivity index (χ0n) is 21.8. The van der Waals surface area contributed by atoms with Crippen molar-refractivity contribution in [2.75, 3.05) is 5.32 Å². The molecule has 0 saturated heterocycles. The Morgan fingerprint density at radius 1 is 1.10 bits per heavy atom. The number of ketones is 1. The third kappa shape index (κ3) is 5.83. The average molecular weight is 542 g/mol. The molecule has 1 aromatic carbocycles. The number of anilines is 1. The second-order valence-electron chi connectivity index (χ2n) is 10.1. The summed E-state index contributed by atoms with van der Waals surface area (Å²) in [4.78, 5) is 22.2. The molecule has 4 aromatic heterocycles. The quantitative estimate of drug-likeness (QED) is 0.208. The molecule has 5 aromatic rings. The minimum absolute atomic E-state index is 0.119. The number of aryl methyl sites for hydroxylation is 2. The normalized spacial score (nSPS) is 13.1. The molecule has 7 nitrogen and oxygen atoms in total. The van der Waals surface area contributed by atoms with E-state index in [2.05, 4.69) is 20.4 Å². The van der Waals surface area contributed by atoms with Crippen LogP contribution in [0.1, 0.15) is 36.1 Å². The van der Waals surface area contributed by atoms with Crippen molar-refractivity contribution >= 4 is 33.2 Å². The average Bonchev–Trinajstić information content (AvgIpc) is 3.51. The van der Waals surface area contributed by atoms with Gasteiger partial charge in [0.2, 0.25) is 0 Å². The lowest BCUT2D eigenvalue weighted by molar-refractivity contribution is -0.118. The van der Waals surface area contributed by atoms with Crippen molar-refractivity contribution in [1.29, 1.82) is 0 Å². The van der Waals surface area contributed by atoms with E-state index >= 15 is 0 Å². The van der Waals surface area contributed by atoms with Gasteiger partial charge in [0, 0.05) is 56.7 Å². The van der Waals surface area contributed by atoms with Gasteiger partial charge in [-0.2, -0.15) is 5.10 Å². The largest absolute Gasteiger partial charge is 0.453 e. The molecule has 198 valence electrons. The Morgan fingerprint density at radius 2 is 1.95 bits per heavy atom. The summed E-state index contributed by atoms with van der Waals surface area (Å²) in [6, 6.07) is 14.5. The number of carbonyl (C=O) groups is 1. The molecular weight excluding hydrogens is 513 g/mol. The molecule has 1 aliphatic rings. The van der Waals surface area contributed by atoms with Gasteiger partial charge in [0.05, 0.1) is 20.8 Å². The molecule has 0 bridgehead atoms. The Balaban J connectivity index is 1.15. The summed E-state index contributed by atoms with van der Waals surface area (Å²) in [6.07, 6.45) is 6.60. The molecule has 0 atom stereocenters. The molecule has 0 amide bonds. The van der Waals surface area contributed by atoms with Crippen molar-refractivity contribution in [3.8, 4) is 22.1 Å². The second kappa shape index (κ2) is 10.6. The number of pyridine rings is 2. The van der Waals surface area contributed by atoms with Crippen molar-refractivity contribution in [1.82, 2.24) is 19.7 Å². The number of benzene rings is 1. The van der Waals surface area contributed by atoms with E-state index in [0.29, 0.717) is 30.2 Å². The Morgan fingerprint density at radius 3 is 2.67 bits per heavy atom. The molecule has 1 fully saturated rings. The highest BCUT2D eigenvalue weighted by atomic mass is 32.1. The van der Waals surface area contributed by atoms with Crippen LogP contribution in [-0.2, 0) is 24.8 Å². The van der Waals surface area contributed by atoms with Gasteiger partial charge >= 0.3 is 0 Å². The predicted molar refractivity (Wildman–Crippen MR) is 151 cm³/mol. The van der Waals surface area contributed by atoms with Gasteiger partial charge in [0.25, 0.3) is 0 Å². The van der Waals surface area contributed by atoms with Crippen LogP contribution < -0.4 is 10.1 Å². The second-order valence-corrected chi connectivity index (χ2v) is 11.1. The van der Waals surface area contributed by atoms with E-state index < -0.39 is 5.82 Å². The van der Waals surface area contributed by atoms with E-state index in [1.54, 1.807) is 24.4 Å². The van der Waals surface area contributed by atoms with E-state index in [0.717, 1.165) is 50.7 Å². The number of thiophene rings is 1. The first kappa shape index (κ1) is 25.2. The first-order valence-corrected chi connectivity index (χ1v) is 13.8. The lowest BCUT2D eigenvalue weighted by atomic mass is 10.0. The van der Waals surface area contributed by atoms with Crippen molar-refractivity contribution in [2.24, 2.45) is 13.0 Å². The molecule has 0 aliphatic heterocycles. The monoisotopic (exact) mass is 541 g/mol. The van der Waals surface area contributed by atoms with Crippen LogP contribution in [0, 0.1) is 18.7 Å². The van der Waals surface area contributed by atoms with E-state index in [-0.39, 0.29) is 18.0 Å². The Kier molecular flexibility index (Phi) is 6.83. The van der Waals surface area contributed by atoms with Crippen molar-refractivity contribution in [3.63, 3.8) is 0 Å². The Bertz CT molecular complexity index is 1640. The number of halogens is 1. The molecule has 1 N–H and O–H groups in total. The van der Waals surface area contributed by atoms with Gasteiger partial charge in [-0.3, -0.25) is 19.4 Å². The first-order chi connectivity index (χ1) is 18.9. The zero-order valence-corrected chi connectivity index (χ0v) is 22.6. The van der Waals surface area contributed by atoms with Crippen LogP contribution in [-0.4, -0.2) is 25.5 Å². The maximum Gasteiger partial charge on any atom is 0.166 e. The van der Waals surface area contributed by atoms with Gasteiger partial charge in [0.15, 0.2) is 11.6 Å². The standard InChI is InChI=1S/C30H28FN5O2S/c1-18-11-29(35-36(18)2)34-17-21-5-7-24(33-16-21)28-15-25-30(39-28)27(9-10-32-25)38-26-8-6-20(14-23(26)31)13-22(37)12-19-3-4-19/h5-11,14-16,19H,3-4,12-13,17H2,1-2H3,(H,34,35). The van der Waals surface area contributed by atoms with Crippen LogP contribution in [0.3, 0.4) is 0 Å². The summed E-state index contributed by atoms with van der Waals surface area (Å²) in [6.45, 7) is 2.63.